The van der Waals surface area contributed by atoms with Crippen LogP contribution >= 0.6 is 11.6 Å². The van der Waals surface area contributed by atoms with Crippen molar-refractivity contribution in [1.29, 1.82) is 0 Å². The van der Waals surface area contributed by atoms with Crippen LogP contribution in [0.15, 0.2) is 70.6 Å². The molecule has 0 saturated heterocycles. The molecule has 4 N–H and O–H groups in total. The molecule has 0 fully saturated rings. The van der Waals surface area contributed by atoms with E-state index in [4.69, 9.17) is 11.6 Å². The SMILES string of the molecule is C=N/C=C(\C=NCC(C)(C)O)c1ccc2nc(C(=O)NC3=CNCC=C3)c(Cl)c(NCC(=C)C)c2c1.CF. The Morgan fingerprint density at radius 3 is 2.71 bits per heavy atom. The average Bonchev–Trinajstić information content (AvgIpc) is 2.88. The molecule has 0 aliphatic carbocycles. The highest BCUT2D eigenvalue weighted by atomic mass is 35.5. The number of aliphatic imine (C=N–C) groups is 2. The van der Waals surface area contributed by atoms with Gasteiger partial charge in [0.15, 0.2) is 0 Å². The minimum absolute atomic E-state index is 0.108. The average molecular weight is 541 g/mol. The Labute approximate surface area is 227 Å². The summed E-state index contributed by atoms with van der Waals surface area (Å²) in [5.74, 6) is -0.417. The topological polar surface area (TPSA) is 111 Å². The van der Waals surface area contributed by atoms with Crippen LogP contribution < -0.4 is 16.0 Å². The van der Waals surface area contributed by atoms with Crippen LogP contribution in [0.5, 0.6) is 0 Å². The Hall–Kier alpha value is -3.82. The molecule has 2 aromatic rings. The van der Waals surface area contributed by atoms with Gasteiger partial charge >= 0.3 is 0 Å². The third-order valence-corrected chi connectivity index (χ3v) is 5.40. The van der Waals surface area contributed by atoms with Gasteiger partial charge in [0.25, 0.3) is 5.91 Å². The number of hydrogen-bond acceptors (Lipinski definition) is 7. The number of pyridine rings is 1. The number of alkyl halides is 1. The van der Waals surface area contributed by atoms with Crippen molar-refractivity contribution in [2.45, 2.75) is 26.4 Å². The van der Waals surface area contributed by atoms with Crippen LogP contribution in [0.4, 0.5) is 10.1 Å². The van der Waals surface area contributed by atoms with Gasteiger partial charge in [-0.05, 0) is 51.3 Å². The number of carbonyl (C=O) groups excluding carboxylic acids is 1. The molecular weight excluding hydrogens is 507 g/mol. The van der Waals surface area contributed by atoms with E-state index in [0.29, 0.717) is 42.7 Å². The fourth-order valence-corrected chi connectivity index (χ4v) is 3.67. The highest BCUT2D eigenvalue weighted by Gasteiger charge is 2.20. The Balaban J connectivity index is 0.00000247. The number of carbonyl (C=O) groups is 1. The van der Waals surface area contributed by atoms with E-state index in [2.05, 4.69) is 44.2 Å². The number of halogens is 2. The molecule has 0 atom stereocenters. The Morgan fingerprint density at radius 1 is 1.37 bits per heavy atom. The van der Waals surface area contributed by atoms with Crippen LogP contribution in [-0.4, -0.2) is 61.3 Å². The molecule has 38 heavy (non-hydrogen) atoms. The first-order valence-electron chi connectivity index (χ1n) is 11.8. The number of dihydropyridines is 1. The third kappa shape index (κ3) is 8.64. The largest absolute Gasteiger partial charge is 0.389 e. The van der Waals surface area contributed by atoms with Crippen LogP contribution in [0.25, 0.3) is 16.5 Å². The summed E-state index contributed by atoms with van der Waals surface area (Å²) in [6, 6.07) is 5.57. The molecule has 1 aromatic heterocycles. The quantitative estimate of drug-likeness (QED) is 0.248. The molecule has 3 rings (SSSR count). The highest BCUT2D eigenvalue weighted by molar-refractivity contribution is 6.37. The van der Waals surface area contributed by atoms with Crippen molar-refractivity contribution in [2.24, 2.45) is 9.98 Å². The number of allylic oxidation sites excluding steroid dienone is 2. The standard InChI is InChI=1S/C27H31ClN6O2.CH3F/c1-17(2)12-32-24-21-11-18(19(13-29-5)14-31-16-27(3,4)36)8-9-22(21)34-25(23(24)28)26(35)33-20-7-6-10-30-15-20;1-2/h6-9,11,13-15,30,36H,1,5,10,12,16H2,2-4H3,(H,32,34)(H,33,35);1H3/b19-13+,31-14?;. The number of aliphatic hydroxyl groups is 1. The van der Waals surface area contributed by atoms with Gasteiger partial charge in [-0.3, -0.25) is 19.2 Å². The summed E-state index contributed by atoms with van der Waals surface area (Å²) in [4.78, 5) is 25.9. The van der Waals surface area contributed by atoms with Crippen LogP contribution in [0.3, 0.4) is 0 Å². The Morgan fingerprint density at radius 2 is 2.11 bits per heavy atom. The lowest BCUT2D eigenvalue weighted by Gasteiger charge is -2.17. The van der Waals surface area contributed by atoms with E-state index < -0.39 is 11.5 Å². The molecule has 0 bridgehead atoms. The van der Waals surface area contributed by atoms with Gasteiger partial charge in [-0.25, -0.2) is 4.98 Å². The van der Waals surface area contributed by atoms with Gasteiger partial charge in [-0.15, -0.1) is 0 Å². The van der Waals surface area contributed by atoms with E-state index in [-0.39, 0.29) is 17.3 Å². The van der Waals surface area contributed by atoms with Gasteiger partial charge in [-0.1, -0.05) is 35.9 Å². The van der Waals surface area contributed by atoms with Crippen molar-refractivity contribution in [3.8, 4) is 0 Å². The number of benzene rings is 1. The predicted molar refractivity (Wildman–Crippen MR) is 157 cm³/mol. The fourth-order valence-electron chi connectivity index (χ4n) is 3.37. The van der Waals surface area contributed by atoms with Crippen molar-refractivity contribution in [2.75, 3.05) is 32.1 Å². The van der Waals surface area contributed by atoms with Crippen LogP contribution in [0.1, 0.15) is 36.8 Å². The minimum Gasteiger partial charge on any atom is -0.389 e. The number of nitrogens with zero attached hydrogens (tertiary/aromatic N) is 3. The number of hydrogen-bond donors (Lipinski definition) is 4. The first kappa shape index (κ1) is 30.4. The molecule has 8 nitrogen and oxygen atoms in total. The minimum atomic E-state index is -0.930. The van der Waals surface area contributed by atoms with E-state index >= 15 is 0 Å². The van der Waals surface area contributed by atoms with Crippen molar-refractivity contribution in [3.05, 3.63) is 76.9 Å². The number of rotatable bonds is 10. The second kappa shape index (κ2) is 14.2. The Kier molecular flexibility index (Phi) is 11.4. The van der Waals surface area contributed by atoms with Gasteiger partial charge in [0.2, 0.25) is 0 Å². The zero-order chi connectivity index (χ0) is 28.3. The molecule has 1 amide bonds. The lowest BCUT2D eigenvalue weighted by molar-refractivity contribution is 0.0905. The van der Waals surface area contributed by atoms with Crippen molar-refractivity contribution in [1.82, 2.24) is 15.6 Å². The second-order valence-electron chi connectivity index (χ2n) is 9.11. The highest BCUT2D eigenvalue weighted by Crippen LogP contribution is 2.34. The molecule has 1 aromatic carbocycles. The van der Waals surface area contributed by atoms with Crippen molar-refractivity contribution >= 4 is 52.6 Å². The maximum absolute atomic E-state index is 13.1. The summed E-state index contributed by atoms with van der Waals surface area (Å²) < 4.78 is 9.50. The third-order valence-electron chi connectivity index (χ3n) is 5.03. The summed E-state index contributed by atoms with van der Waals surface area (Å²) >= 11 is 6.74. The van der Waals surface area contributed by atoms with Crippen molar-refractivity contribution in [3.63, 3.8) is 0 Å². The molecule has 10 heteroatoms. The summed E-state index contributed by atoms with van der Waals surface area (Å²) in [6.45, 7) is 14.2. The summed E-state index contributed by atoms with van der Waals surface area (Å²) in [5.41, 5.74) is 3.35. The van der Waals surface area contributed by atoms with E-state index in [9.17, 15) is 14.3 Å². The number of amides is 1. The molecule has 0 radical (unpaired) electrons. The normalized spacial score (nSPS) is 13.3. The molecule has 2 heterocycles. The van der Waals surface area contributed by atoms with Gasteiger partial charge < -0.3 is 21.1 Å². The van der Waals surface area contributed by atoms with E-state index in [1.54, 1.807) is 32.5 Å². The van der Waals surface area contributed by atoms with Crippen LogP contribution in [-0.2, 0) is 0 Å². The van der Waals surface area contributed by atoms with Crippen LogP contribution in [0.2, 0.25) is 5.02 Å². The molecule has 0 spiro atoms. The first-order chi connectivity index (χ1) is 18.1. The monoisotopic (exact) mass is 540 g/mol. The second-order valence-corrected chi connectivity index (χ2v) is 9.48. The number of nitrogens with one attached hydrogen (secondary N) is 3. The van der Waals surface area contributed by atoms with E-state index in [1.807, 2.05) is 37.3 Å². The maximum Gasteiger partial charge on any atom is 0.275 e. The number of fused-ring (bicyclic) bond motifs is 1. The van der Waals surface area contributed by atoms with Gasteiger partial charge in [0, 0.05) is 42.7 Å². The molecular formula is C28H34ClFN6O2. The number of aromatic nitrogens is 1. The molecule has 1 aliphatic heterocycles. The predicted octanol–water partition coefficient (Wildman–Crippen LogP) is 5.08. The summed E-state index contributed by atoms with van der Waals surface area (Å²) in [5, 5.41) is 20.1. The molecule has 0 saturated carbocycles. The van der Waals surface area contributed by atoms with Gasteiger partial charge in [0.05, 0.1) is 41.2 Å². The zero-order valence-corrected chi connectivity index (χ0v) is 22.9. The van der Waals surface area contributed by atoms with E-state index in [0.717, 1.165) is 16.5 Å². The lowest BCUT2D eigenvalue weighted by atomic mass is 10.0. The van der Waals surface area contributed by atoms with Crippen molar-refractivity contribution < 1.29 is 14.3 Å². The van der Waals surface area contributed by atoms with E-state index in [1.165, 1.54) is 0 Å². The van der Waals surface area contributed by atoms with Gasteiger partial charge in [-0.2, -0.15) is 0 Å². The molecule has 0 unspecified atom stereocenters. The summed E-state index contributed by atoms with van der Waals surface area (Å²) in [7, 11) is 0.500. The zero-order valence-electron chi connectivity index (χ0n) is 22.1. The Bertz CT molecular complexity index is 1310. The van der Waals surface area contributed by atoms with Gasteiger partial charge in [0.1, 0.15) is 5.69 Å². The number of anilines is 1. The molecule has 202 valence electrons. The molecule has 1 aliphatic rings. The smallest absolute Gasteiger partial charge is 0.275 e. The van der Waals surface area contributed by atoms with Crippen LogP contribution in [0, 0.1) is 0 Å². The fraction of sp³-hybridized carbons (Fsp3) is 0.286. The lowest BCUT2D eigenvalue weighted by Crippen LogP contribution is -2.26. The summed E-state index contributed by atoms with van der Waals surface area (Å²) in [6.07, 6.45) is 8.68. The first-order valence-corrected chi connectivity index (χ1v) is 12.2. The maximum atomic E-state index is 13.1.